The molecule has 0 aliphatic carbocycles. The van der Waals surface area contributed by atoms with Gasteiger partial charge < -0.3 is 10.8 Å². The molecule has 0 aliphatic rings. The quantitative estimate of drug-likeness (QED) is 0.455. The van der Waals surface area contributed by atoms with E-state index in [4.69, 9.17) is 34.0 Å². The predicted molar refractivity (Wildman–Crippen MR) is 55.1 cm³/mol. The average molecular weight is 219 g/mol. The number of phenolic OH excluding ortho intramolecular Hbond substituents is 1. The number of hydrogen-bond acceptors (Lipinski definition) is 2. The Morgan fingerprint density at radius 3 is 2.77 bits per heavy atom. The number of alkyl halides is 1. The summed E-state index contributed by atoms with van der Waals surface area (Å²) in [6, 6.07) is 4.44. The molecule has 1 rings (SSSR count). The summed E-state index contributed by atoms with van der Waals surface area (Å²) in [5.74, 6) is 0.527. The fourth-order valence-corrected chi connectivity index (χ4v) is 1.05. The second-order valence-corrected chi connectivity index (χ2v) is 3.05. The number of benzene rings is 1. The van der Waals surface area contributed by atoms with Crippen molar-refractivity contribution in [3.63, 3.8) is 0 Å². The number of phenols is 1. The molecule has 0 aliphatic heterocycles. The fourth-order valence-electron chi connectivity index (χ4n) is 0.771. The fraction of sp³-hybridized carbons (Fsp3) is 0.125. The lowest BCUT2D eigenvalue weighted by Crippen LogP contribution is -2.12. The van der Waals surface area contributed by atoms with E-state index in [9.17, 15) is 0 Å². The number of halogens is 2. The van der Waals surface area contributed by atoms with Gasteiger partial charge in [-0.2, -0.15) is 0 Å². The summed E-state index contributed by atoms with van der Waals surface area (Å²) in [5.41, 5.74) is 5.91. The van der Waals surface area contributed by atoms with Crippen LogP contribution in [0.25, 0.3) is 0 Å². The van der Waals surface area contributed by atoms with Crippen LogP contribution in [-0.4, -0.2) is 16.8 Å². The molecule has 0 spiro atoms. The van der Waals surface area contributed by atoms with Gasteiger partial charge in [-0.1, -0.05) is 11.6 Å². The van der Waals surface area contributed by atoms with E-state index in [1.165, 1.54) is 12.1 Å². The van der Waals surface area contributed by atoms with Gasteiger partial charge in [-0.3, -0.25) is 0 Å². The van der Waals surface area contributed by atoms with E-state index in [0.29, 0.717) is 10.7 Å². The van der Waals surface area contributed by atoms with Gasteiger partial charge in [0, 0.05) is 6.07 Å². The van der Waals surface area contributed by atoms with Crippen molar-refractivity contribution in [3.05, 3.63) is 23.2 Å². The minimum Gasteiger partial charge on any atom is -0.508 e. The topological polar surface area (TPSA) is 58.6 Å². The molecule has 0 fully saturated rings. The Morgan fingerprint density at radius 2 is 2.23 bits per heavy atom. The van der Waals surface area contributed by atoms with E-state index in [1.807, 2.05) is 0 Å². The van der Waals surface area contributed by atoms with Crippen LogP contribution >= 0.6 is 23.2 Å². The molecule has 0 heterocycles. The summed E-state index contributed by atoms with van der Waals surface area (Å²) in [7, 11) is 0. The molecule has 0 aromatic heterocycles. The highest BCUT2D eigenvalue weighted by molar-refractivity contribution is 6.33. The first-order chi connectivity index (χ1) is 6.13. The molecule has 0 saturated carbocycles. The Hall–Kier alpha value is -0.930. The van der Waals surface area contributed by atoms with E-state index in [-0.39, 0.29) is 17.5 Å². The third-order valence-electron chi connectivity index (χ3n) is 1.33. The minimum atomic E-state index is 0.0911. The zero-order valence-corrected chi connectivity index (χ0v) is 8.18. The number of hydrogen-bond donors (Lipinski definition) is 2. The molecule has 1 aromatic rings. The first kappa shape index (κ1) is 10.2. The second-order valence-electron chi connectivity index (χ2n) is 2.37. The molecule has 3 N–H and O–H groups in total. The Kier molecular flexibility index (Phi) is 3.39. The maximum absolute atomic E-state index is 9.04. The largest absolute Gasteiger partial charge is 0.508 e. The predicted octanol–water partition coefficient (Wildman–Crippen LogP) is 2.27. The van der Waals surface area contributed by atoms with E-state index < -0.39 is 0 Å². The zero-order valence-electron chi connectivity index (χ0n) is 6.67. The third kappa shape index (κ3) is 2.79. The summed E-state index contributed by atoms with van der Waals surface area (Å²) < 4.78 is 0. The Labute approximate surface area is 85.8 Å². The van der Waals surface area contributed by atoms with Crippen molar-refractivity contribution in [1.82, 2.24) is 0 Å². The normalized spacial score (nSPS) is 11.7. The number of aliphatic imine (C=N–C) groups is 1. The van der Waals surface area contributed by atoms with Crippen LogP contribution in [0.5, 0.6) is 5.75 Å². The number of nitrogens with two attached hydrogens (primary N) is 1. The lowest BCUT2D eigenvalue weighted by Gasteiger charge is -1.99. The average Bonchev–Trinajstić information content (AvgIpc) is 2.09. The smallest absolute Gasteiger partial charge is 0.117 e. The van der Waals surface area contributed by atoms with Crippen molar-refractivity contribution >= 4 is 34.7 Å². The maximum Gasteiger partial charge on any atom is 0.117 e. The zero-order chi connectivity index (χ0) is 9.84. The highest BCUT2D eigenvalue weighted by Crippen LogP contribution is 2.28. The van der Waals surface area contributed by atoms with Gasteiger partial charge in [0.1, 0.15) is 11.6 Å². The van der Waals surface area contributed by atoms with E-state index in [1.54, 1.807) is 6.07 Å². The first-order valence-electron chi connectivity index (χ1n) is 3.51. The highest BCUT2D eigenvalue weighted by atomic mass is 35.5. The highest BCUT2D eigenvalue weighted by Gasteiger charge is 2.00. The lowest BCUT2D eigenvalue weighted by atomic mass is 10.3. The van der Waals surface area contributed by atoms with Crippen molar-refractivity contribution in [2.75, 3.05) is 5.88 Å². The van der Waals surface area contributed by atoms with Crippen molar-refractivity contribution in [2.24, 2.45) is 10.7 Å². The first-order valence-corrected chi connectivity index (χ1v) is 4.42. The van der Waals surface area contributed by atoms with Gasteiger partial charge >= 0.3 is 0 Å². The number of amidine groups is 1. The SMILES string of the molecule is NC(CCl)=Nc1ccc(O)cc1Cl. The van der Waals surface area contributed by atoms with Crippen molar-refractivity contribution < 1.29 is 5.11 Å². The van der Waals surface area contributed by atoms with Gasteiger partial charge in [-0.25, -0.2) is 4.99 Å². The Balaban J connectivity index is 3.03. The molecule has 0 radical (unpaired) electrons. The van der Waals surface area contributed by atoms with Crippen LogP contribution in [0, 0.1) is 0 Å². The van der Waals surface area contributed by atoms with Gasteiger partial charge in [-0.05, 0) is 12.1 Å². The van der Waals surface area contributed by atoms with Crippen LogP contribution in [0.1, 0.15) is 0 Å². The van der Waals surface area contributed by atoms with Crippen LogP contribution in [0.15, 0.2) is 23.2 Å². The molecular formula is C8H8Cl2N2O. The van der Waals surface area contributed by atoms with Gasteiger partial charge in [0.15, 0.2) is 0 Å². The molecule has 3 nitrogen and oxygen atoms in total. The second kappa shape index (κ2) is 4.35. The number of rotatable bonds is 2. The molecule has 0 atom stereocenters. The number of aromatic hydroxyl groups is 1. The molecular weight excluding hydrogens is 211 g/mol. The van der Waals surface area contributed by atoms with Crippen LogP contribution in [0.3, 0.4) is 0 Å². The summed E-state index contributed by atoms with van der Waals surface area (Å²) >= 11 is 11.2. The monoisotopic (exact) mass is 218 g/mol. The Bertz CT molecular complexity index is 339. The van der Waals surface area contributed by atoms with Crippen molar-refractivity contribution in [3.8, 4) is 5.75 Å². The molecule has 0 saturated heterocycles. The van der Waals surface area contributed by atoms with Gasteiger partial charge in [-0.15, -0.1) is 11.6 Å². The van der Waals surface area contributed by atoms with Crippen LogP contribution in [0.2, 0.25) is 5.02 Å². The molecule has 70 valence electrons. The summed E-state index contributed by atoms with van der Waals surface area (Å²) in [4.78, 5) is 3.94. The lowest BCUT2D eigenvalue weighted by molar-refractivity contribution is 0.475. The van der Waals surface area contributed by atoms with Crippen molar-refractivity contribution in [1.29, 1.82) is 0 Å². The van der Waals surface area contributed by atoms with Crippen LogP contribution < -0.4 is 5.73 Å². The molecule has 0 unspecified atom stereocenters. The summed E-state index contributed by atoms with van der Waals surface area (Å²) in [5, 5.41) is 9.38. The molecule has 13 heavy (non-hydrogen) atoms. The number of nitrogens with zero attached hydrogens (tertiary/aromatic N) is 1. The van der Waals surface area contributed by atoms with Crippen molar-refractivity contribution in [2.45, 2.75) is 0 Å². The van der Waals surface area contributed by atoms with Gasteiger partial charge in [0.2, 0.25) is 0 Å². The van der Waals surface area contributed by atoms with Crippen LogP contribution in [0.4, 0.5) is 5.69 Å². The van der Waals surface area contributed by atoms with Crippen LogP contribution in [-0.2, 0) is 0 Å². The molecule has 0 amide bonds. The van der Waals surface area contributed by atoms with Gasteiger partial charge in [0.25, 0.3) is 0 Å². The molecule has 0 bridgehead atoms. The standard InChI is InChI=1S/C8H8Cl2N2O/c9-4-8(11)12-7-2-1-5(13)3-6(7)10/h1-3,13H,4H2,(H2,11,12). The maximum atomic E-state index is 9.04. The van der Waals surface area contributed by atoms with E-state index >= 15 is 0 Å². The third-order valence-corrected chi connectivity index (χ3v) is 1.91. The summed E-state index contributed by atoms with van der Waals surface area (Å²) in [6.07, 6.45) is 0. The van der Waals surface area contributed by atoms with Gasteiger partial charge in [0.05, 0.1) is 16.6 Å². The molecule has 1 aromatic carbocycles. The summed E-state index contributed by atoms with van der Waals surface area (Å²) in [6.45, 7) is 0. The Morgan fingerprint density at radius 1 is 1.54 bits per heavy atom. The van der Waals surface area contributed by atoms with E-state index in [0.717, 1.165) is 0 Å². The van der Waals surface area contributed by atoms with E-state index in [2.05, 4.69) is 4.99 Å². The minimum absolute atomic E-state index is 0.0911. The molecule has 5 heteroatoms.